The van der Waals surface area contributed by atoms with Crippen LogP contribution in [0.5, 0.6) is 0 Å². The highest BCUT2D eigenvalue weighted by Gasteiger charge is 2.79. The Bertz CT molecular complexity index is 1050. The minimum absolute atomic E-state index is 0.0548. The molecule has 0 aliphatic carbocycles. The number of aliphatic hydroxyl groups is 1. The highest BCUT2D eigenvalue weighted by atomic mass is 16.5. The van der Waals surface area contributed by atoms with Crippen LogP contribution in [0.25, 0.3) is 0 Å². The summed E-state index contributed by atoms with van der Waals surface area (Å²) in [6, 6.07) is -1.53. The summed E-state index contributed by atoms with van der Waals surface area (Å²) in [5, 5.41) is 10.6. The van der Waals surface area contributed by atoms with Gasteiger partial charge in [-0.25, -0.2) is 0 Å². The fourth-order valence-corrected chi connectivity index (χ4v) is 8.51. The Morgan fingerprint density at radius 1 is 1.10 bits per heavy atom. The lowest BCUT2D eigenvalue weighted by Gasteiger charge is -2.47. The van der Waals surface area contributed by atoms with Crippen molar-refractivity contribution in [2.45, 2.75) is 123 Å². The molecule has 8 heteroatoms. The highest BCUT2D eigenvalue weighted by molar-refractivity contribution is 5.99. The van der Waals surface area contributed by atoms with Crippen molar-refractivity contribution in [3.05, 3.63) is 25.3 Å². The van der Waals surface area contributed by atoms with Crippen LogP contribution in [0.2, 0.25) is 0 Å². The van der Waals surface area contributed by atoms with E-state index in [-0.39, 0.29) is 35.7 Å². The fraction of sp³-hybridized carbons (Fsp3) is 0.794. The molecule has 0 radical (unpaired) electrons. The number of rotatable bonds is 14. The van der Waals surface area contributed by atoms with Crippen molar-refractivity contribution in [1.82, 2.24) is 14.7 Å². The van der Waals surface area contributed by atoms with Gasteiger partial charge >= 0.3 is 0 Å². The lowest BCUT2D eigenvalue weighted by Crippen LogP contribution is -2.63. The third-order valence-electron chi connectivity index (χ3n) is 9.86. The molecule has 2 unspecified atom stereocenters. The molecule has 3 fully saturated rings. The minimum atomic E-state index is -1.14. The largest absolute Gasteiger partial charge is 0.394 e. The Morgan fingerprint density at radius 2 is 1.71 bits per heavy atom. The summed E-state index contributed by atoms with van der Waals surface area (Å²) in [4.78, 5) is 49.3. The minimum Gasteiger partial charge on any atom is -0.394 e. The Labute approximate surface area is 254 Å². The molecule has 3 amide bonds. The number of fused-ring (bicyclic) bond motifs is 1. The second kappa shape index (κ2) is 12.4. The number of ether oxygens (including phenoxy) is 1. The Morgan fingerprint density at radius 3 is 2.19 bits per heavy atom. The molecule has 8 nitrogen and oxygen atoms in total. The van der Waals surface area contributed by atoms with E-state index in [1.54, 1.807) is 22.0 Å². The number of hydrogen-bond donors (Lipinski definition) is 1. The lowest BCUT2D eigenvalue weighted by atomic mass is 9.64. The average Bonchev–Trinajstić information content (AvgIpc) is 3.49. The first-order valence-electron chi connectivity index (χ1n) is 16.0. The van der Waals surface area contributed by atoms with Crippen molar-refractivity contribution in [1.29, 1.82) is 0 Å². The number of aliphatic hydroxyl groups excluding tert-OH is 1. The van der Waals surface area contributed by atoms with E-state index < -0.39 is 40.7 Å². The number of carbonyl (C=O) groups excluding carboxylic acids is 3. The average molecular weight is 588 g/mol. The molecule has 3 saturated heterocycles. The molecule has 2 bridgehead atoms. The SMILES string of the molecule is C=CCN(CCC)C(=O)[C@@H]1[C@H]2C(=O)N([C@@H](CO)C(C)C)C(C(=O)N(CC=C)C(C)(C)CC(C)(C)C)C23CC[C@@]1(CC)O3. The standard InChI is InChI=1S/C34H57N3O5/c1-12-18-35(19-13-2)28(39)25-26-29(40)37(24(21-38)23(5)6)27(34(26)17-16-33(25,15-4)42-34)30(41)36(20-14-3)32(10,11)22-31(7,8)9/h12,14,23-27,38H,1,3,13,15-22H2,2,4-11H3/t24-,25-,26-,27?,33+,34?/m0/s1. The van der Waals surface area contributed by atoms with Gasteiger partial charge in [-0.05, 0) is 57.3 Å². The normalized spacial score (nSPS) is 29.5. The smallest absolute Gasteiger partial charge is 0.249 e. The molecular formula is C34H57N3O5. The van der Waals surface area contributed by atoms with E-state index in [0.29, 0.717) is 38.9 Å². The maximum Gasteiger partial charge on any atom is 0.249 e. The summed E-state index contributed by atoms with van der Waals surface area (Å²) < 4.78 is 7.02. The maximum absolute atomic E-state index is 15.0. The van der Waals surface area contributed by atoms with Crippen LogP contribution in [0, 0.1) is 23.2 Å². The van der Waals surface area contributed by atoms with Crippen LogP contribution < -0.4 is 0 Å². The van der Waals surface area contributed by atoms with Gasteiger partial charge in [0.15, 0.2) is 0 Å². The Hall–Kier alpha value is -2.19. The second-order valence-corrected chi connectivity index (χ2v) is 14.9. The van der Waals surface area contributed by atoms with Crippen LogP contribution in [0.3, 0.4) is 0 Å². The first kappa shape index (κ1) is 34.3. The van der Waals surface area contributed by atoms with Gasteiger partial charge in [0.1, 0.15) is 11.6 Å². The molecule has 0 aromatic carbocycles. The molecule has 3 aliphatic heterocycles. The van der Waals surface area contributed by atoms with Crippen LogP contribution in [-0.2, 0) is 19.1 Å². The van der Waals surface area contributed by atoms with E-state index in [1.807, 2.05) is 32.6 Å². The van der Waals surface area contributed by atoms with Crippen LogP contribution in [0.1, 0.15) is 94.4 Å². The van der Waals surface area contributed by atoms with Gasteiger partial charge in [0.05, 0.1) is 30.1 Å². The van der Waals surface area contributed by atoms with E-state index in [9.17, 15) is 14.7 Å². The number of nitrogens with zero attached hydrogens (tertiary/aromatic N) is 3. The molecule has 0 aromatic rings. The number of likely N-dealkylation sites (tertiary alicyclic amines) is 1. The summed E-state index contributed by atoms with van der Waals surface area (Å²) in [5.41, 5.74) is -2.56. The van der Waals surface area contributed by atoms with Gasteiger partial charge in [-0.1, -0.05) is 60.6 Å². The molecule has 1 spiro atoms. The summed E-state index contributed by atoms with van der Waals surface area (Å²) >= 11 is 0. The van der Waals surface area contributed by atoms with E-state index >= 15 is 4.79 Å². The van der Waals surface area contributed by atoms with Gasteiger partial charge in [-0.2, -0.15) is 0 Å². The second-order valence-electron chi connectivity index (χ2n) is 14.9. The zero-order valence-corrected chi connectivity index (χ0v) is 27.7. The molecule has 3 heterocycles. The van der Waals surface area contributed by atoms with Crippen molar-refractivity contribution in [2.75, 3.05) is 26.2 Å². The third-order valence-corrected chi connectivity index (χ3v) is 9.86. The molecule has 6 atom stereocenters. The zero-order chi connectivity index (χ0) is 31.8. The van der Waals surface area contributed by atoms with Crippen LogP contribution in [0.15, 0.2) is 25.3 Å². The maximum atomic E-state index is 15.0. The van der Waals surface area contributed by atoms with Gasteiger partial charge < -0.3 is 24.5 Å². The van der Waals surface area contributed by atoms with Crippen LogP contribution >= 0.6 is 0 Å². The molecule has 1 N–H and O–H groups in total. The van der Waals surface area contributed by atoms with Crippen molar-refractivity contribution >= 4 is 17.7 Å². The number of carbonyl (C=O) groups is 3. The Kier molecular flexibility index (Phi) is 10.2. The number of hydrogen-bond acceptors (Lipinski definition) is 5. The fourth-order valence-electron chi connectivity index (χ4n) is 8.51. The van der Waals surface area contributed by atoms with E-state index in [2.05, 4.69) is 47.8 Å². The van der Waals surface area contributed by atoms with Gasteiger partial charge in [-0.15, -0.1) is 13.2 Å². The first-order valence-corrected chi connectivity index (χ1v) is 16.0. The Balaban J connectivity index is 2.23. The van der Waals surface area contributed by atoms with Crippen LogP contribution in [0.4, 0.5) is 0 Å². The topological polar surface area (TPSA) is 90.4 Å². The highest BCUT2D eigenvalue weighted by Crippen LogP contribution is 2.65. The molecule has 42 heavy (non-hydrogen) atoms. The summed E-state index contributed by atoms with van der Waals surface area (Å²) in [6.45, 7) is 27.3. The van der Waals surface area contributed by atoms with Gasteiger partial charge in [-0.3, -0.25) is 14.4 Å². The predicted molar refractivity (Wildman–Crippen MR) is 167 cm³/mol. The molecule has 3 rings (SSSR count). The quantitative estimate of drug-likeness (QED) is 0.295. The molecule has 238 valence electrons. The van der Waals surface area contributed by atoms with E-state index in [4.69, 9.17) is 4.74 Å². The van der Waals surface area contributed by atoms with E-state index in [0.717, 1.165) is 12.8 Å². The summed E-state index contributed by atoms with van der Waals surface area (Å²) in [7, 11) is 0. The summed E-state index contributed by atoms with van der Waals surface area (Å²) in [6.07, 6.45) is 6.66. The van der Waals surface area contributed by atoms with Crippen LogP contribution in [-0.4, -0.2) is 92.6 Å². The van der Waals surface area contributed by atoms with E-state index in [1.165, 1.54) is 0 Å². The van der Waals surface area contributed by atoms with Gasteiger partial charge in [0, 0.05) is 25.2 Å². The van der Waals surface area contributed by atoms with Crippen molar-refractivity contribution < 1.29 is 24.2 Å². The predicted octanol–water partition coefficient (Wildman–Crippen LogP) is 4.81. The third kappa shape index (κ3) is 5.70. The molecule has 0 saturated carbocycles. The zero-order valence-electron chi connectivity index (χ0n) is 27.7. The lowest BCUT2D eigenvalue weighted by molar-refractivity contribution is -0.162. The van der Waals surface area contributed by atoms with Crippen molar-refractivity contribution in [3.63, 3.8) is 0 Å². The number of amides is 3. The molecule has 3 aliphatic rings. The first-order chi connectivity index (χ1) is 19.5. The van der Waals surface area contributed by atoms with Gasteiger partial charge in [0.2, 0.25) is 17.7 Å². The monoisotopic (exact) mass is 587 g/mol. The van der Waals surface area contributed by atoms with Gasteiger partial charge in [0.25, 0.3) is 0 Å². The summed E-state index contributed by atoms with van der Waals surface area (Å²) in [5.74, 6) is -2.15. The molecular weight excluding hydrogens is 530 g/mol. The van der Waals surface area contributed by atoms with Crippen molar-refractivity contribution in [3.8, 4) is 0 Å². The molecule has 0 aromatic heterocycles. The van der Waals surface area contributed by atoms with Crippen molar-refractivity contribution in [2.24, 2.45) is 23.2 Å².